The quantitative estimate of drug-likeness (QED) is 0.725. The molecule has 2 unspecified atom stereocenters. The Morgan fingerprint density at radius 2 is 1.94 bits per heavy atom. The van der Waals surface area contributed by atoms with Crippen LogP contribution < -0.4 is 5.32 Å². The molecule has 166 valence electrons. The standard InChI is InChI=1S/C20H25N5O5S/c1-4-31(28,29)25-10-16-9-24(11-20(16,12-25)19-21-13(2)23-30-19)18(27)15-5-7-17(8-6-15)22-14(3)26/h5-8,16H,4,9-12H2,1-3H3,(H,22,26). The van der Waals surface area contributed by atoms with E-state index in [4.69, 9.17) is 4.52 Å². The molecule has 31 heavy (non-hydrogen) atoms. The summed E-state index contributed by atoms with van der Waals surface area (Å²) in [4.78, 5) is 30.5. The Morgan fingerprint density at radius 1 is 1.23 bits per heavy atom. The van der Waals surface area contributed by atoms with Crippen molar-refractivity contribution in [3.05, 3.63) is 41.5 Å². The molecule has 1 aromatic carbocycles. The summed E-state index contributed by atoms with van der Waals surface area (Å²) in [6.45, 7) is 5.95. The lowest BCUT2D eigenvalue weighted by Gasteiger charge is -2.25. The predicted molar refractivity (Wildman–Crippen MR) is 112 cm³/mol. The zero-order valence-corrected chi connectivity index (χ0v) is 18.5. The van der Waals surface area contributed by atoms with Gasteiger partial charge >= 0.3 is 0 Å². The number of nitrogens with one attached hydrogen (secondary N) is 1. The van der Waals surface area contributed by atoms with E-state index in [1.165, 1.54) is 11.2 Å². The van der Waals surface area contributed by atoms with E-state index < -0.39 is 15.4 Å². The number of anilines is 1. The lowest BCUT2D eigenvalue weighted by atomic mass is 9.81. The molecule has 2 aliphatic heterocycles. The van der Waals surface area contributed by atoms with Gasteiger partial charge in [0.1, 0.15) is 0 Å². The van der Waals surface area contributed by atoms with Crippen molar-refractivity contribution >= 4 is 27.5 Å². The SMILES string of the molecule is CCS(=O)(=O)N1CC2CN(C(=O)c3ccc(NC(C)=O)cc3)CC2(c2nc(C)no2)C1. The fourth-order valence-corrected chi connectivity index (χ4v) is 5.65. The molecule has 2 fully saturated rings. The van der Waals surface area contributed by atoms with Crippen molar-refractivity contribution in [1.82, 2.24) is 19.3 Å². The van der Waals surface area contributed by atoms with Crippen molar-refractivity contribution in [2.24, 2.45) is 5.92 Å². The Labute approximate surface area is 180 Å². The van der Waals surface area contributed by atoms with Crippen LogP contribution in [0, 0.1) is 12.8 Å². The maximum Gasteiger partial charge on any atom is 0.253 e. The maximum absolute atomic E-state index is 13.2. The third-order valence-electron chi connectivity index (χ3n) is 6.03. The number of hydrogen-bond donors (Lipinski definition) is 1. The normalized spacial score (nSPS) is 23.7. The van der Waals surface area contributed by atoms with E-state index in [1.54, 1.807) is 43.0 Å². The summed E-state index contributed by atoms with van der Waals surface area (Å²) in [6.07, 6.45) is 0. The van der Waals surface area contributed by atoms with Gasteiger partial charge in [-0.15, -0.1) is 0 Å². The van der Waals surface area contributed by atoms with Crippen molar-refractivity contribution in [2.75, 3.05) is 37.2 Å². The van der Waals surface area contributed by atoms with Crippen LogP contribution >= 0.6 is 0 Å². The summed E-state index contributed by atoms with van der Waals surface area (Å²) in [6, 6.07) is 6.69. The molecule has 2 aliphatic rings. The van der Waals surface area contributed by atoms with Crippen LogP contribution in [0.15, 0.2) is 28.8 Å². The van der Waals surface area contributed by atoms with Gasteiger partial charge in [-0.1, -0.05) is 5.16 Å². The number of carbonyl (C=O) groups is 2. The van der Waals surface area contributed by atoms with Gasteiger partial charge in [-0.05, 0) is 38.1 Å². The van der Waals surface area contributed by atoms with Crippen LogP contribution in [0.3, 0.4) is 0 Å². The number of benzene rings is 1. The van der Waals surface area contributed by atoms with Crippen molar-refractivity contribution < 1.29 is 22.5 Å². The lowest BCUT2D eigenvalue weighted by Crippen LogP contribution is -2.41. The Hall–Kier alpha value is -2.79. The van der Waals surface area contributed by atoms with Gasteiger partial charge in [0, 0.05) is 50.3 Å². The molecule has 2 saturated heterocycles. The molecule has 2 amide bonds. The molecule has 4 rings (SSSR count). The number of fused-ring (bicyclic) bond motifs is 1. The van der Waals surface area contributed by atoms with Crippen LogP contribution in [0.5, 0.6) is 0 Å². The number of hydrogen-bond acceptors (Lipinski definition) is 7. The Balaban J connectivity index is 1.60. The van der Waals surface area contributed by atoms with Crippen molar-refractivity contribution in [3.63, 3.8) is 0 Å². The van der Waals surface area contributed by atoms with Crippen LogP contribution in [0.4, 0.5) is 5.69 Å². The van der Waals surface area contributed by atoms with E-state index >= 15 is 0 Å². The number of aryl methyl sites for hydroxylation is 1. The van der Waals surface area contributed by atoms with Gasteiger partial charge in [-0.25, -0.2) is 12.7 Å². The number of aromatic nitrogens is 2. The lowest BCUT2D eigenvalue weighted by molar-refractivity contribution is -0.114. The van der Waals surface area contributed by atoms with E-state index in [1.807, 2.05) is 0 Å². The van der Waals surface area contributed by atoms with Crippen molar-refractivity contribution in [3.8, 4) is 0 Å². The summed E-state index contributed by atoms with van der Waals surface area (Å²) in [7, 11) is -3.38. The summed E-state index contributed by atoms with van der Waals surface area (Å²) < 4.78 is 32.0. The van der Waals surface area contributed by atoms with Crippen LogP contribution in [0.25, 0.3) is 0 Å². The first kappa shape index (κ1) is 21.4. The Kier molecular flexibility index (Phi) is 5.34. The molecular weight excluding hydrogens is 422 g/mol. The molecule has 0 saturated carbocycles. The summed E-state index contributed by atoms with van der Waals surface area (Å²) in [5.41, 5.74) is 0.375. The zero-order valence-electron chi connectivity index (χ0n) is 17.7. The monoisotopic (exact) mass is 447 g/mol. The van der Waals surface area contributed by atoms with E-state index in [2.05, 4.69) is 15.5 Å². The minimum atomic E-state index is -3.38. The van der Waals surface area contributed by atoms with Crippen molar-refractivity contribution in [1.29, 1.82) is 0 Å². The highest BCUT2D eigenvalue weighted by molar-refractivity contribution is 7.89. The van der Waals surface area contributed by atoms with Gasteiger partial charge < -0.3 is 14.7 Å². The minimum absolute atomic E-state index is 0.0158. The van der Waals surface area contributed by atoms with Crippen molar-refractivity contribution in [2.45, 2.75) is 26.2 Å². The smallest absolute Gasteiger partial charge is 0.253 e. The number of likely N-dealkylation sites (tertiary alicyclic amines) is 1. The first-order chi connectivity index (χ1) is 14.6. The summed E-state index contributed by atoms with van der Waals surface area (Å²) in [5, 5.41) is 6.57. The summed E-state index contributed by atoms with van der Waals surface area (Å²) >= 11 is 0. The Morgan fingerprint density at radius 3 is 2.52 bits per heavy atom. The number of carbonyl (C=O) groups excluding carboxylic acids is 2. The molecule has 0 spiro atoms. The molecule has 1 aromatic heterocycles. The number of nitrogens with zero attached hydrogens (tertiary/aromatic N) is 4. The fourth-order valence-electron chi connectivity index (χ4n) is 4.45. The van der Waals surface area contributed by atoms with Crippen LogP contribution in [0.1, 0.15) is 35.9 Å². The van der Waals surface area contributed by atoms with E-state index in [9.17, 15) is 18.0 Å². The molecule has 2 atom stereocenters. The van der Waals surface area contributed by atoms with Gasteiger partial charge in [0.15, 0.2) is 5.82 Å². The minimum Gasteiger partial charge on any atom is -0.339 e. The summed E-state index contributed by atoms with van der Waals surface area (Å²) in [5.74, 6) is 0.371. The highest BCUT2D eigenvalue weighted by atomic mass is 32.2. The second-order valence-electron chi connectivity index (χ2n) is 8.14. The molecule has 2 aromatic rings. The first-order valence-corrected chi connectivity index (χ1v) is 11.7. The average Bonchev–Trinajstić information content (AvgIpc) is 3.40. The van der Waals surface area contributed by atoms with Crippen LogP contribution in [0.2, 0.25) is 0 Å². The average molecular weight is 448 g/mol. The largest absolute Gasteiger partial charge is 0.339 e. The highest BCUT2D eigenvalue weighted by Crippen LogP contribution is 2.45. The topological polar surface area (TPSA) is 126 Å². The van der Waals surface area contributed by atoms with Gasteiger partial charge in [-0.3, -0.25) is 9.59 Å². The Bertz CT molecular complexity index is 1110. The molecule has 0 aliphatic carbocycles. The van der Waals surface area contributed by atoms with E-state index in [0.717, 1.165) is 0 Å². The van der Waals surface area contributed by atoms with Gasteiger partial charge in [0.2, 0.25) is 21.8 Å². The highest BCUT2D eigenvalue weighted by Gasteiger charge is 2.59. The molecule has 11 heteroatoms. The number of sulfonamides is 1. The zero-order chi connectivity index (χ0) is 22.4. The molecular formula is C20H25N5O5S. The molecule has 0 bridgehead atoms. The predicted octanol–water partition coefficient (Wildman–Crippen LogP) is 1.01. The van der Waals surface area contributed by atoms with E-state index in [0.29, 0.717) is 42.6 Å². The number of rotatable bonds is 5. The first-order valence-electron chi connectivity index (χ1n) is 10.1. The molecule has 10 nitrogen and oxygen atoms in total. The fraction of sp³-hybridized carbons (Fsp3) is 0.500. The second-order valence-corrected chi connectivity index (χ2v) is 10.4. The van der Waals surface area contributed by atoms with E-state index in [-0.39, 0.29) is 30.0 Å². The molecule has 3 heterocycles. The third-order valence-corrected chi connectivity index (χ3v) is 7.82. The second kappa shape index (κ2) is 7.72. The van der Waals surface area contributed by atoms with Crippen LogP contribution in [-0.2, 0) is 20.2 Å². The van der Waals surface area contributed by atoms with Gasteiger partial charge in [0.05, 0.1) is 11.2 Å². The molecule has 0 radical (unpaired) electrons. The maximum atomic E-state index is 13.2. The third kappa shape index (κ3) is 3.83. The molecule has 1 N–H and O–H groups in total. The van der Waals surface area contributed by atoms with Crippen LogP contribution in [-0.4, -0.2) is 71.5 Å². The van der Waals surface area contributed by atoms with Gasteiger partial charge in [0.25, 0.3) is 5.91 Å². The number of amides is 2. The van der Waals surface area contributed by atoms with Gasteiger partial charge in [-0.2, -0.15) is 4.98 Å².